The molecule has 1 aromatic rings. The lowest BCUT2D eigenvalue weighted by Crippen LogP contribution is -1.89. The van der Waals surface area contributed by atoms with Gasteiger partial charge < -0.3 is 0 Å². The fraction of sp³-hybridized carbons (Fsp3) is 0.600. The lowest BCUT2D eigenvalue weighted by Gasteiger charge is -1.88. The van der Waals surface area contributed by atoms with Gasteiger partial charge in [0, 0.05) is 12.2 Å². The highest BCUT2D eigenvalue weighted by Gasteiger charge is 1.98. The predicted molar refractivity (Wildman–Crippen MR) is 54.7 cm³/mol. The number of halogens is 1. The van der Waals surface area contributed by atoms with Crippen LogP contribution in [0.5, 0.6) is 0 Å². The van der Waals surface area contributed by atoms with Crippen molar-refractivity contribution < 1.29 is 0 Å². The standard InChI is InChI=1S/C5H7IN2S2/c1-9-3-2-4-7-5(6)10-8-4/h2-3H2,1H3. The van der Waals surface area contributed by atoms with Crippen LogP contribution in [-0.4, -0.2) is 21.4 Å². The number of rotatable bonds is 3. The summed E-state index contributed by atoms with van der Waals surface area (Å²) in [5.74, 6) is 2.11. The summed E-state index contributed by atoms with van der Waals surface area (Å²) in [4.78, 5) is 4.23. The third-order valence-corrected chi connectivity index (χ3v) is 2.96. The van der Waals surface area contributed by atoms with Gasteiger partial charge in [0.2, 0.25) is 0 Å². The fourth-order valence-corrected chi connectivity index (χ4v) is 1.95. The van der Waals surface area contributed by atoms with Gasteiger partial charge in [-0.05, 0) is 40.4 Å². The summed E-state index contributed by atoms with van der Waals surface area (Å²) in [7, 11) is 0. The smallest absolute Gasteiger partial charge is 0.173 e. The number of hydrogen-bond donors (Lipinski definition) is 0. The lowest BCUT2D eigenvalue weighted by molar-refractivity contribution is 1.00. The third kappa shape index (κ3) is 2.71. The summed E-state index contributed by atoms with van der Waals surface area (Å²) in [6.45, 7) is 0. The van der Waals surface area contributed by atoms with E-state index in [0.29, 0.717) is 0 Å². The topological polar surface area (TPSA) is 25.8 Å². The van der Waals surface area contributed by atoms with Crippen molar-refractivity contribution in [3.05, 3.63) is 8.84 Å². The summed E-state index contributed by atoms with van der Waals surface area (Å²) in [5, 5.41) is 0. The van der Waals surface area contributed by atoms with E-state index in [-0.39, 0.29) is 0 Å². The molecule has 2 nitrogen and oxygen atoms in total. The molecule has 0 aliphatic carbocycles. The van der Waals surface area contributed by atoms with Gasteiger partial charge in [-0.15, -0.1) is 0 Å². The van der Waals surface area contributed by atoms with Crippen LogP contribution >= 0.6 is 45.9 Å². The Morgan fingerprint density at radius 1 is 1.70 bits per heavy atom. The predicted octanol–water partition coefficient (Wildman–Crippen LogP) is 2.05. The Hall–Kier alpha value is 0.640. The van der Waals surface area contributed by atoms with E-state index in [1.54, 1.807) is 0 Å². The highest BCUT2D eigenvalue weighted by Crippen LogP contribution is 2.08. The van der Waals surface area contributed by atoms with Crippen molar-refractivity contribution in [1.82, 2.24) is 9.36 Å². The van der Waals surface area contributed by atoms with E-state index in [0.717, 1.165) is 21.0 Å². The summed E-state index contributed by atoms with van der Waals surface area (Å²) in [5.41, 5.74) is 0. The van der Waals surface area contributed by atoms with Crippen LogP contribution < -0.4 is 0 Å². The minimum Gasteiger partial charge on any atom is -0.213 e. The molecule has 10 heavy (non-hydrogen) atoms. The summed E-state index contributed by atoms with van der Waals surface area (Å²) in [6, 6.07) is 0. The molecule has 0 atom stereocenters. The van der Waals surface area contributed by atoms with Crippen molar-refractivity contribution >= 4 is 45.9 Å². The molecule has 1 heterocycles. The van der Waals surface area contributed by atoms with E-state index >= 15 is 0 Å². The van der Waals surface area contributed by atoms with Crippen LogP contribution in [0.25, 0.3) is 0 Å². The molecule has 1 aromatic heterocycles. The number of aromatic nitrogens is 2. The molecule has 0 aliphatic heterocycles. The zero-order valence-corrected chi connectivity index (χ0v) is 9.29. The van der Waals surface area contributed by atoms with Gasteiger partial charge in [-0.3, -0.25) is 0 Å². The second kappa shape index (κ2) is 4.50. The molecule has 0 radical (unpaired) electrons. The van der Waals surface area contributed by atoms with Gasteiger partial charge in [0.1, 0.15) is 5.82 Å². The second-order valence-electron chi connectivity index (χ2n) is 1.71. The summed E-state index contributed by atoms with van der Waals surface area (Å²) < 4.78 is 5.20. The number of nitrogens with zero attached hydrogens (tertiary/aromatic N) is 2. The average molecular weight is 286 g/mol. The Bertz CT molecular complexity index is 201. The van der Waals surface area contributed by atoms with E-state index in [2.05, 4.69) is 38.2 Å². The largest absolute Gasteiger partial charge is 0.213 e. The van der Waals surface area contributed by atoms with Crippen LogP contribution in [-0.2, 0) is 6.42 Å². The molecule has 0 bridgehead atoms. The molecule has 56 valence electrons. The maximum absolute atomic E-state index is 4.23. The second-order valence-corrected chi connectivity index (χ2v) is 5.20. The van der Waals surface area contributed by atoms with Gasteiger partial charge in [0.25, 0.3) is 0 Å². The zero-order chi connectivity index (χ0) is 7.40. The number of hydrogen-bond acceptors (Lipinski definition) is 4. The monoisotopic (exact) mass is 286 g/mol. The third-order valence-electron chi connectivity index (χ3n) is 0.973. The van der Waals surface area contributed by atoms with Crippen molar-refractivity contribution in [2.75, 3.05) is 12.0 Å². The highest BCUT2D eigenvalue weighted by molar-refractivity contribution is 14.1. The van der Waals surface area contributed by atoms with E-state index in [9.17, 15) is 0 Å². The first-order valence-electron chi connectivity index (χ1n) is 2.80. The van der Waals surface area contributed by atoms with Gasteiger partial charge >= 0.3 is 0 Å². The van der Waals surface area contributed by atoms with E-state index in [1.807, 2.05) is 11.8 Å². The van der Waals surface area contributed by atoms with Crippen LogP contribution in [0.1, 0.15) is 5.82 Å². The van der Waals surface area contributed by atoms with Gasteiger partial charge in [0.15, 0.2) is 3.01 Å². The normalized spacial score (nSPS) is 10.2. The minimum atomic E-state index is 0.990. The number of aryl methyl sites for hydroxylation is 1. The molecule has 0 amide bonds. The SMILES string of the molecule is CSCCc1nsc(I)n1. The Balaban J connectivity index is 2.42. The van der Waals surface area contributed by atoms with Crippen molar-refractivity contribution in [1.29, 1.82) is 0 Å². The molecule has 1 rings (SSSR count). The van der Waals surface area contributed by atoms with Crippen molar-refractivity contribution in [2.45, 2.75) is 6.42 Å². The Morgan fingerprint density at radius 2 is 2.50 bits per heavy atom. The molecular formula is C5H7IN2S2. The van der Waals surface area contributed by atoms with Crippen molar-refractivity contribution in [2.24, 2.45) is 0 Å². The molecule has 0 N–H and O–H groups in total. The van der Waals surface area contributed by atoms with Crippen LogP contribution in [0.15, 0.2) is 0 Å². The molecule has 0 aliphatic rings. The first-order chi connectivity index (χ1) is 4.83. The molecule has 0 saturated heterocycles. The molecular weight excluding hydrogens is 279 g/mol. The molecule has 0 spiro atoms. The van der Waals surface area contributed by atoms with Crippen LogP contribution in [0.3, 0.4) is 0 Å². The fourth-order valence-electron chi connectivity index (χ4n) is 0.528. The molecule has 0 unspecified atom stereocenters. The molecule has 0 aromatic carbocycles. The van der Waals surface area contributed by atoms with Gasteiger partial charge in [-0.2, -0.15) is 16.1 Å². The zero-order valence-electron chi connectivity index (χ0n) is 5.50. The first-order valence-corrected chi connectivity index (χ1v) is 6.04. The maximum atomic E-state index is 4.23. The van der Waals surface area contributed by atoms with Gasteiger partial charge in [0.05, 0.1) is 0 Å². The molecule has 0 fully saturated rings. The van der Waals surface area contributed by atoms with Gasteiger partial charge in [-0.1, -0.05) is 0 Å². The minimum absolute atomic E-state index is 0.990. The maximum Gasteiger partial charge on any atom is 0.173 e. The van der Waals surface area contributed by atoms with Gasteiger partial charge in [-0.25, -0.2) is 4.98 Å². The molecule has 0 saturated carbocycles. The van der Waals surface area contributed by atoms with Crippen LogP contribution in [0.2, 0.25) is 0 Å². The van der Waals surface area contributed by atoms with Crippen molar-refractivity contribution in [3.63, 3.8) is 0 Å². The van der Waals surface area contributed by atoms with Crippen LogP contribution in [0, 0.1) is 3.01 Å². The lowest BCUT2D eigenvalue weighted by atomic mass is 10.5. The number of thioether (sulfide) groups is 1. The Morgan fingerprint density at radius 3 is 3.00 bits per heavy atom. The van der Waals surface area contributed by atoms with E-state index < -0.39 is 0 Å². The Labute approximate surface area is 82.1 Å². The van der Waals surface area contributed by atoms with E-state index in [4.69, 9.17) is 0 Å². The quantitative estimate of drug-likeness (QED) is 0.795. The van der Waals surface area contributed by atoms with Crippen molar-refractivity contribution in [3.8, 4) is 0 Å². The van der Waals surface area contributed by atoms with E-state index in [1.165, 1.54) is 11.5 Å². The summed E-state index contributed by atoms with van der Waals surface area (Å²) >= 11 is 5.49. The average Bonchev–Trinajstić information content (AvgIpc) is 2.31. The highest BCUT2D eigenvalue weighted by atomic mass is 127. The first kappa shape index (κ1) is 8.73. The Kier molecular flexibility index (Phi) is 3.93. The van der Waals surface area contributed by atoms with Crippen LogP contribution in [0.4, 0.5) is 0 Å². The molecule has 5 heteroatoms. The summed E-state index contributed by atoms with van der Waals surface area (Å²) in [6.07, 6.45) is 3.10.